The van der Waals surface area contributed by atoms with E-state index in [4.69, 9.17) is 0 Å². The molecule has 1 aromatic heterocycles. The second-order valence-corrected chi connectivity index (χ2v) is 6.18. The average molecular weight is 317 g/mol. The fraction of sp³-hybridized carbons (Fsp3) is 0.333. The van der Waals surface area contributed by atoms with Crippen LogP contribution in [0.25, 0.3) is 0 Å². The Morgan fingerprint density at radius 2 is 2.13 bits per heavy atom. The Morgan fingerprint density at radius 3 is 2.83 bits per heavy atom. The van der Waals surface area contributed by atoms with E-state index < -0.39 is 23.0 Å². The number of nitrogens with zero attached hydrogens (tertiary/aromatic N) is 1. The quantitative estimate of drug-likeness (QED) is 0.932. The number of pyridine rings is 1. The van der Waals surface area contributed by atoms with Gasteiger partial charge in [0.2, 0.25) is 0 Å². The third-order valence-electron chi connectivity index (χ3n) is 4.90. The van der Waals surface area contributed by atoms with Crippen molar-refractivity contribution in [1.82, 2.24) is 4.98 Å². The molecule has 1 saturated carbocycles. The summed E-state index contributed by atoms with van der Waals surface area (Å²) in [6.07, 6.45) is 4.02. The second kappa shape index (κ2) is 5.72. The summed E-state index contributed by atoms with van der Waals surface area (Å²) in [5.74, 6) is -1.90. The molecule has 1 aliphatic carbocycles. The largest absolute Gasteiger partial charge is 0.481 e. The van der Waals surface area contributed by atoms with E-state index in [0.717, 1.165) is 6.20 Å². The van der Waals surface area contributed by atoms with Gasteiger partial charge in [-0.3, -0.25) is 9.78 Å². The van der Waals surface area contributed by atoms with Crippen LogP contribution in [0, 0.1) is 18.6 Å². The van der Waals surface area contributed by atoms with Crippen LogP contribution in [0.15, 0.2) is 36.7 Å². The number of carbonyl (C=O) groups is 1. The molecule has 1 heterocycles. The van der Waals surface area contributed by atoms with Crippen molar-refractivity contribution in [3.8, 4) is 0 Å². The third kappa shape index (κ3) is 2.60. The van der Waals surface area contributed by atoms with E-state index in [9.17, 15) is 18.7 Å². The van der Waals surface area contributed by atoms with Gasteiger partial charge in [0.25, 0.3) is 0 Å². The Kier molecular flexibility index (Phi) is 3.88. The molecule has 1 unspecified atom stereocenters. The summed E-state index contributed by atoms with van der Waals surface area (Å²) >= 11 is 0. The van der Waals surface area contributed by atoms with Gasteiger partial charge in [0.1, 0.15) is 11.6 Å². The maximum atomic E-state index is 13.9. The minimum Gasteiger partial charge on any atom is -0.481 e. The van der Waals surface area contributed by atoms with Gasteiger partial charge in [-0.25, -0.2) is 8.78 Å². The predicted molar refractivity (Wildman–Crippen MR) is 81.2 cm³/mol. The molecule has 120 valence electrons. The molecule has 0 amide bonds. The first-order chi connectivity index (χ1) is 10.9. The molecule has 5 heteroatoms. The number of carboxylic acids is 1. The minimum atomic E-state index is -1.14. The summed E-state index contributed by atoms with van der Waals surface area (Å²) in [7, 11) is 0. The van der Waals surface area contributed by atoms with E-state index >= 15 is 0 Å². The molecule has 1 fully saturated rings. The molecule has 3 nitrogen and oxygen atoms in total. The van der Waals surface area contributed by atoms with Crippen molar-refractivity contribution in [2.75, 3.05) is 0 Å². The van der Waals surface area contributed by atoms with Gasteiger partial charge < -0.3 is 5.11 Å². The average Bonchev–Trinajstić information content (AvgIpc) is 2.96. The lowest BCUT2D eigenvalue weighted by molar-refractivity contribution is -0.143. The Hall–Kier alpha value is -2.30. The first-order valence-electron chi connectivity index (χ1n) is 7.53. The van der Waals surface area contributed by atoms with Crippen LogP contribution in [-0.4, -0.2) is 16.1 Å². The minimum absolute atomic E-state index is 0.100. The highest BCUT2D eigenvalue weighted by molar-refractivity contribution is 5.82. The fourth-order valence-electron chi connectivity index (χ4n) is 3.66. The van der Waals surface area contributed by atoms with Crippen LogP contribution in [0.1, 0.15) is 41.9 Å². The zero-order chi connectivity index (χ0) is 16.6. The van der Waals surface area contributed by atoms with Crippen LogP contribution in [-0.2, 0) is 10.2 Å². The number of aliphatic carboxylic acids is 1. The van der Waals surface area contributed by atoms with E-state index in [1.54, 1.807) is 25.3 Å². The van der Waals surface area contributed by atoms with Crippen LogP contribution in [0.3, 0.4) is 0 Å². The molecule has 0 spiro atoms. The Labute approximate surface area is 133 Å². The molecular weight excluding hydrogens is 300 g/mol. The van der Waals surface area contributed by atoms with E-state index in [0.29, 0.717) is 36.0 Å². The SMILES string of the molecule is Cc1c(F)cccc1[C@]1(C(=O)O)CCC(c2cncc(F)c2)C1. The summed E-state index contributed by atoms with van der Waals surface area (Å²) < 4.78 is 27.3. The standard InChI is InChI=1S/C18H17F2NO2/c1-11-15(3-2-4-16(11)20)18(17(22)23)6-5-12(8-18)13-7-14(19)10-21-9-13/h2-4,7,9-10,12H,5-6,8H2,1H3,(H,22,23)/t12?,18-/m0/s1. The summed E-state index contributed by atoms with van der Waals surface area (Å²) in [5, 5.41) is 9.84. The molecule has 2 atom stereocenters. The summed E-state index contributed by atoms with van der Waals surface area (Å²) in [6.45, 7) is 1.60. The molecule has 2 aromatic rings. The van der Waals surface area contributed by atoms with Gasteiger partial charge >= 0.3 is 5.97 Å². The van der Waals surface area contributed by atoms with Gasteiger partial charge in [-0.05, 0) is 60.9 Å². The Bertz CT molecular complexity index is 762. The van der Waals surface area contributed by atoms with Crippen molar-refractivity contribution in [2.24, 2.45) is 0 Å². The van der Waals surface area contributed by atoms with Gasteiger partial charge in [0.15, 0.2) is 0 Å². The van der Waals surface area contributed by atoms with Crippen LogP contribution < -0.4 is 0 Å². The van der Waals surface area contributed by atoms with Gasteiger partial charge in [-0.15, -0.1) is 0 Å². The normalized spacial score (nSPS) is 23.9. The molecule has 1 aliphatic rings. The maximum absolute atomic E-state index is 13.9. The lowest BCUT2D eigenvalue weighted by Crippen LogP contribution is -2.34. The number of aromatic nitrogens is 1. The fourth-order valence-corrected chi connectivity index (χ4v) is 3.66. The third-order valence-corrected chi connectivity index (χ3v) is 4.90. The first-order valence-corrected chi connectivity index (χ1v) is 7.53. The highest BCUT2D eigenvalue weighted by Crippen LogP contribution is 2.49. The number of hydrogen-bond acceptors (Lipinski definition) is 2. The monoisotopic (exact) mass is 317 g/mol. The highest BCUT2D eigenvalue weighted by atomic mass is 19.1. The van der Waals surface area contributed by atoms with Gasteiger partial charge in [-0.1, -0.05) is 12.1 Å². The van der Waals surface area contributed by atoms with Gasteiger partial charge in [-0.2, -0.15) is 0 Å². The molecule has 0 bridgehead atoms. The van der Waals surface area contributed by atoms with Crippen molar-refractivity contribution in [3.63, 3.8) is 0 Å². The number of rotatable bonds is 3. The van der Waals surface area contributed by atoms with Crippen LogP contribution in [0.2, 0.25) is 0 Å². The molecule has 23 heavy (non-hydrogen) atoms. The predicted octanol–water partition coefficient (Wildman–Crippen LogP) is 3.96. The Morgan fingerprint density at radius 1 is 1.35 bits per heavy atom. The van der Waals surface area contributed by atoms with Gasteiger partial charge in [0.05, 0.1) is 11.6 Å². The van der Waals surface area contributed by atoms with E-state index in [2.05, 4.69) is 4.98 Å². The van der Waals surface area contributed by atoms with E-state index in [1.807, 2.05) is 0 Å². The lowest BCUT2D eigenvalue weighted by Gasteiger charge is -2.27. The van der Waals surface area contributed by atoms with Crippen molar-refractivity contribution in [1.29, 1.82) is 0 Å². The van der Waals surface area contributed by atoms with Gasteiger partial charge in [0, 0.05) is 6.20 Å². The van der Waals surface area contributed by atoms with Crippen molar-refractivity contribution in [3.05, 3.63) is 65.0 Å². The van der Waals surface area contributed by atoms with Crippen LogP contribution in [0.4, 0.5) is 8.78 Å². The zero-order valence-corrected chi connectivity index (χ0v) is 12.7. The van der Waals surface area contributed by atoms with Crippen molar-refractivity contribution >= 4 is 5.97 Å². The summed E-state index contributed by atoms with van der Waals surface area (Å²) in [6, 6.07) is 5.95. The van der Waals surface area contributed by atoms with Crippen LogP contribution >= 0.6 is 0 Å². The van der Waals surface area contributed by atoms with Crippen LogP contribution in [0.5, 0.6) is 0 Å². The van der Waals surface area contributed by atoms with E-state index in [1.165, 1.54) is 12.1 Å². The topological polar surface area (TPSA) is 50.2 Å². The number of hydrogen-bond donors (Lipinski definition) is 1. The molecule has 0 saturated heterocycles. The molecule has 1 aromatic carbocycles. The smallest absolute Gasteiger partial charge is 0.314 e. The number of carboxylic acid groups (broad SMARTS) is 1. The summed E-state index contributed by atoms with van der Waals surface area (Å²) in [4.78, 5) is 15.9. The first kappa shape index (κ1) is 15.6. The number of halogens is 2. The highest BCUT2D eigenvalue weighted by Gasteiger charge is 2.48. The molecule has 0 aliphatic heterocycles. The molecule has 1 N–H and O–H groups in total. The summed E-state index contributed by atoms with van der Waals surface area (Å²) in [5.41, 5.74) is 0.440. The molecule has 0 radical (unpaired) electrons. The van der Waals surface area contributed by atoms with E-state index in [-0.39, 0.29) is 5.92 Å². The second-order valence-electron chi connectivity index (χ2n) is 6.18. The van der Waals surface area contributed by atoms with Crippen molar-refractivity contribution in [2.45, 2.75) is 37.5 Å². The Balaban J connectivity index is 2.01. The lowest BCUT2D eigenvalue weighted by atomic mass is 9.76. The zero-order valence-electron chi connectivity index (χ0n) is 12.7. The van der Waals surface area contributed by atoms with Crippen molar-refractivity contribution < 1.29 is 18.7 Å². The molecule has 3 rings (SSSR count). The molecular formula is C18H17F2NO2. The maximum Gasteiger partial charge on any atom is 0.314 e. The number of benzene rings is 1.